The van der Waals surface area contributed by atoms with Gasteiger partial charge in [0.25, 0.3) is 11.6 Å². The van der Waals surface area contributed by atoms with E-state index in [-0.39, 0.29) is 11.6 Å². The van der Waals surface area contributed by atoms with Crippen molar-refractivity contribution in [2.45, 2.75) is 25.8 Å². The predicted molar refractivity (Wildman–Crippen MR) is 85.9 cm³/mol. The highest BCUT2D eigenvalue weighted by atomic mass is 79.9. The first kappa shape index (κ1) is 17.1. The molecule has 0 aliphatic heterocycles. The van der Waals surface area contributed by atoms with E-state index in [0.29, 0.717) is 21.8 Å². The molecular weight excluding hydrogens is 392 g/mol. The van der Waals surface area contributed by atoms with Gasteiger partial charge < -0.3 is 5.32 Å². The summed E-state index contributed by atoms with van der Waals surface area (Å²) in [6.07, 6.45) is 0.739. The summed E-state index contributed by atoms with van der Waals surface area (Å²) in [5.41, 5.74) is 0.505. The normalized spacial score (nSPS) is 11.2. The first-order chi connectivity index (χ1) is 9.37. The second kappa shape index (κ2) is 7.17. The van der Waals surface area contributed by atoms with Crippen LogP contribution in [0.1, 0.15) is 29.3 Å². The highest BCUT2D eigenvalue weighted by molar-refractivity contribution is 9.09. The summed E-state index contributed by atoms with van der Waals surface area (Å²) >= 11 is 6.79. The molecule has 0 bridgehead atoms. The third-order valence-corrected chi connectivity index (χ3v) is 5.25. The van der Waals surface area contributed by atoms with E-state index in [1.807, 2.05) is 6.92 Å². The molecule has 0 saturated heterocycles. The van der Waals surface area contributed by atoms with Gasteiger partial charge in [0, 0.05) is 28.4 Å². The number of aryl methyl sites for hydroxylation is 1. The number of nitrogens with one attached hydrogen (secondary N) is 1. The number of non-ortho nitro benzene ring substituents is 1. The first-order valence-electron chi connectivity index (χ1n) is 6.08. The van der Waals surface area contributed by atoms with E-state index >= 15 is 0 Å². The van der Waals surface area contributed by atoms with Gasteiger partial charge in [0.15, 0.2) is 0 Å². The van der Waals surface area contributed by atoms with Crippen LogP contribution in [0.4, 0.5) is 5.69 Å². The minimum atomic E-state index is -0.494. The smallest absolute Gasteiger partial charge is 0.270 e. The summed E-state index contributed by atoms with van der Waals surface area (Å²) in [4.78, 5) is 22.6. The Morgan fingerprint density at radius 1 is 1.35 bits per heavy atom. The molecule has 0 saturated carbocycles. The zero-order valence-corrected chi connectivity index (χ0v) is 14.5. The summed E-state index contributed by atoms with van der Waals surface area (Å²) in [6.45, 7) is 3.70. The molecule has 0 heterocycles. The van der Waals surface area contributed by atoms with Crippen molar-refractivity contribution in [3.8, 4) is 0 Å². The second-order valence-electron chi connectivity index (χ2n) is 4.67. The van der Waals surface area contributed by atoms with Gasteiger partial charge in [-0.05, 0) is 25.0 Å². The van der Waals surface area contributed by atoms with Crippen molar-refractivity contribution < 1.29 is 9.72 Å². The average molecular weight is 408 g/mol. The summed E-state index contributed by atoms with van der Waals surface area (Å²) in [5, 5.41) is 15.0. The first-order valence-corrected chi connectivity index (χ1v) is 8.32. The summed E-state index contributed by atoms with van der Waals surface area (Å²) in [6, 6.07) is 4.38. The SMILES string of the molecule is CCC(CBr)(CBr)NC(=O)c1cc(C)cc([N+](=O)[O-])c1. The number of benzene rings is 1. The van der Waals surface area contributed by atoms with Gasteiger partial charge in [0.1, 0.15) is 0 Å². The minimum Gasteiger partial charge on any atom is -0.345 e. The largest absolute Gasteiger partial charge is 0.345 e. The van der Waals surface area contributed by atoms with Gasteiger partial charge in [-0.3, -0.25) is 14.9 Å². The van der Waals surface area contributed by atoms with E-state index in [1.165, 1.54) is 12.1 Å². The lowest BCUT2D eigenvalue weighted by Gasteiger charge is -2.30. The molecule has 0 aromatic heterocycles. The van der Waals surface area contributed by atoms with E-state index in [0.717, 1.165) is 6.42 Å². The molecule has 0 unspecified atom stereocenters. The molecule has 0 radical (unpaired) electrons. The maximum absolute atomic E-state index is 12.3. The molecule has 1 aromatic rings. The van der Waals surface area contributed by atoms with Crippen LogP contribution >= 0.6 is 31.9 Å². The van der Waals surface area contributed by atoms with Gasteiger partial charge in [-0.2, -0.15) is 0 Å². The Bertz CT molecular complexity index is 508. The Hall–Kier alpha value is -0.950. The van der Waals surface area contributed by atoms with E-state index in [9.17, 15) is 14.9 Å². The second-order valence-corrected chi connectivity index (χ2v) is 5.79. The lowest BCUT2D eigenvalue weighted by Crippen LogP contribution is -2.51. The average Bonchev–Trinajstić information content (AvgIpc) is 2.44. The Labute approximate surface area is 134 Å². The molecule has 20 heavy (non-hydrogen) atoms. The summed E-state index contributed by atoms with van der Waals surface area (Å²) in [7, 11) is 0. The van der Waals surface area contributed by atoms with Crippen molar-refractivity contribution in [2.75, 3.05) is 10.7 Å². The lowest BCUT2D eigenvalue weighted by molar-refractivity contribution is -0.384. The summed E-state index contributed by atoms with van der Waals surface area (Å²) < 4.78 is 0. The number of halogens is 2. The van der Waals surface area contributed by atoms with Crippen molar-refractivity contribution in [2.24, 2.45) is 0 Å². The van der Waals surface area contributed by atoms with Gasteiger partial charge in [-0.25, -0.2) is 0 Å². The fourth-order valence-electron chi connectivity index (χ4n) is 1.69. The number of carbonyl (C=O) groups excluding carboxylic acids is 1. The van der Waals surface area contributed by atoms with Crippen LogP contribution in [0.15, 0.2) is 18.2 Å². The third-order valence-electron chi connectivity index (χ3n) is 3.10. The summed E-state index contributed by atoms with van der Waals surface area (Å²) in [5.74, 6) is -0.308. The number of hydrogen-bond acceptors (Lipinski definition) is 3. The molecule has 1 rings (SSSR count). The van der Waals surface area contributed by atoms with Crippen LogP contribution in [0.2, 0.25) is 0 Å². The van der Waals surface area contributed by atoms with Gasteiger partial charge in [0.05, 0.1) is 10.5 Å². The molecule has 0 aliphatic carbocycles. The van der Waals surface area contributed by atoms with Crippen molar-refractivity contribution >= 4 is 43.5 Å². The number of carbonyl (C=O) groups is 1. The van der Waals surface area contributed by atoms with E-state index in [2.05, 4.69) is 37.2 Å². The molecule has 110 valence electrons. The van der Waals surface area contributed by atoms with E-state index in [4.69, 9.17) is 0 Å². The number of hydrogen-bond donors (Lipinski definition) is 1. The molecule has 1 amide bonds. The van der Waals surface area contributed by atoms with Crippen LogP contribution in [-0.2, 0) is 0 Å². The zero-order chi connectivity index (χ0) is 15.3. The fraction of sp³-hybridized carbons (Fsp3) is 0.462. The van der Waals surface area contributed by atoms with Crippen LogP contribution in [0.25, 0.3) is 0 Å². The fourth-order valence-corrected chi connectivity index (χ4v) is 3.69. The van der Waals surface area contributed by atoms with Gasteiger partial charge in [-0.15, -0.1) is 0 Å². The van der Waals surface area contributed by atoms with Crippen LogP contribution in [0.5, 0.6) is 0 Å². The molecule has 0 aliphatic rings. The zero-order valence-electron chi connectivity index (χ0n) is 11.3. The molecule has 1 aromatic carbocycles. The van der Waals surface area contributed by atoms with Gasteiger partial charge >= 0.3 is 0 Å². The molecule has 0 spiro atoms. The molecule has 0 fully saturated rings. The Morgan fingerprint density at radius 3 is 2.40 bits per heavy atom. The van der Waals surface area contributed by atoms with Crippen molar-refractivity contribution in [3.05, 3.63) is 39.4 Å². The van der Waals surface area contributed by atoms with Crippen LogP contribution in [0, 0.1) is 17.0 Å². The number of nitro groups is 1. The van der Waals surface area contributed by atoms with Gasteiger partial charge in [0.2, 0.25) is 0 Å². The Kier molecular flexibility index (Phi) is 6.13. The molecule has 0 atom stereocenters. The molecule has 7 heteroatoms. The Balaban J connectivity index is 3.06. The third kappa shape index (κ3) is 4.02. The van der Waals surface area contributed by atoms with Crippen molar-refractivity contribution in [1.29, 1.82) is 0 Å². The van der Waals surface area contributed by atoms with Crippen molar-refractivity contribution in [1.82, 2.24) is 5.32 Å². The van der Waals surface area contributed by atoms with Crippen LogP contribution in [0.3, 0.4) is 0 Å². The number of nitrogens with zero attached hydrogens (tertiary/aromatic N) is 1. The standard InChI is InChI=1S/C13H16Br2N2O3/c1-3-13(7-14,8-15)16-12(18)10-4-9(2)5-11(6-10)17(19)20/h4-6H,3,7-8H2,1-2H3,(H,16,18). The maximum atomic E-state index is 12.3. The van der Waals surface area contributed by atoms with Gasteiger partial charge in [-0.1, -0.05) is 38.8 Å². The minimum absolute atomic E-state index is 0.0741. The van der Waals surface area contributed by atoms with Crippen LogP contribution < -0.4 is 5.32 Å². The molecule has 5 nitrogen and oxygen atoms in total. The molecular formula is C13H16Br2N2O3. The Morgan fingerprint density at radius 2 is 1.95 bits per heavy atom. The number of nitro benzene ring substituents is 1. The highest BCUT2D eigenvalue weighted by Gasteiger charge is 2.28. The van der Waals surface area contributed by atoms with Crippen molar-refractivity contribution in [3.63, 3.8) is 0 Å². The quantitative estimate of drug-likeness (QED) is 0.445. The van der Waals surface area contributed by atoms with E-state index < -0.39 is 10.5 Å². The number of rotatable bonds is 6. The number of alkyl halides is 2. The monoisotopic (exact) mass is 406 g/mol. The highest BCUT2D eigenvalue weighted by Crippen LogP contribution is 2.20. The predicted octanol–water partition coefficient (Wildman–Crippen LogP) is 3.57. The van der Waals surface area contributed by atoms with Crippen LogP contribution in [-0.4, -0.2) is 27.0 Å². The van der Waals surface area contributed by atoms with E-state index in [1.54, 1.807) is 13.0 Å². The molecule has 1 N–H and O–H groups in total. The topological polar surface area (TPSA) is 72.2 Å². The lowest BCUT2D eigenvalue weighted by atomic mass is 10.0. The number of amides is 1. The maximum Gasteiger partial charge on any atom is 0.270 e.